The Kier molecular flexibility index (Phi) is 5.58. The molecule has 0 bridgehead atoms. The molecular weight excluding hydrogens is 342 g/mol. The molecule has 0 aliphatic heterocycles. The average molecular weight is 353 g/mol. The second-order valence-corrected chi connectivity index (χ2v) is 5.23. The number of hydrogen-bond donors (Lipinski definition) is 2. The minimum atomic E-state index is -3.21. The van der Waals surface area contributed by atoms with E-state index >= 15 is 0 Å². The number of carboxylic acid groups (broad SMARTS) is 1. The first-order valence-corrected chi connectivity index (χ1v) is 6.33. The van der Waals surface area contributed by atoms with E-state index in [1.807, 2.05) is 0 Å². The zero-order valence-corrected chi connectivity index (χ0v) is 11.8. The van der Waals surface area contributed by atoms with Gasteiger partial charge in [-0.15, -0.1) is 0 Å². The number of halogens is 3. The van der Waals surface area contributed by atoms with Crippen LogP contribution in [0.2, 0.25) is 0 Å². The van der Waals surface area contributed by atoms with Gasteiger partial charge in [-0.3, -0.25) is 4.79 Å². The molecule has 2 unspecified atom stereocenters. The summed E-state index contributed by atoms with van der Waals surface area (Å²) in [4.78, 5) is 21.9. The predicted molar refractivity (Wildman–Crippen MR) is 68.4 cm³/mol. The highest BCUT2D eigenvalue weighted by molar-refractivity contribution is 9.10. The third kappa shape index (κ3) is 3.97. The van der Waals surface area contributed by atoms with E-state index in [9.17, 15) is 23.5 Å². The van der Waals surface area contributed by atoms with Crippen molar-refractivity contribution < 1.29 is 33.3 Å². The van der Waals surface area contributed by atoms with Gasteiger partial charge in [0, 0.05) is 11.1 Å². The molecule has 0 radical (unpaired) electrons. The molecule has 2 N–H and O–H groups in total. The predicted octanol–water partition coefficient (Wildman–Crippen LogP) is 2.37. The highest BCUT2D eigenvalue weighted by Crippen LogP contribution is 2.29. The molecule has 110 valence electrons. The molecule has 0 aromatic heterocycles. The Morgan fingerprint density at radius 1 is 1.35 bits per heavy atom. The third-order valence-electron chi connectivity index (χ3n) is 2.40. The maximum Gasteiger partial charge on any atom is 0.387 e. The standard InChI is InChI=1S/C12H11BrF2O5/c1-5(13)9(16)6-2-3-7(10(17)11(18)19)8(4-6)20-12(14)15/h2-5,10,12,17H,1H3,(H,18,19). The van der Waals surface area contributed by atoms with Crippen LogP contribution >= 0.6 is 15.9 Å². The van der Waals surface area contributed by atoms with Crippen molar-refractivity contribution in [3.63, 3.8) is 0 Å². The summed E-state index contributed by atoms with van der Waals surface area (Å²) in [6, 6.07) is 3.28. The van der Waals surface area contributed by atoms with Crippen LogP contribution < -0.4 is 4.74 Å². The average Bonchev–Trinajstić information content (AvgIpc) is 2.36. The Balaban J connectivity index is 3.26. The molecule has 0 saturated carbocycles. The van der Waals surface area contributed by atoms with E-state index in [0.717, 1.165) is 12.1 Å². The van der Waals surface area contributed by atoms with Crippen molar-refractivity contribution in [2.45, 2.75) is 24.5 Å². The second kappa shape index (κ2) is 6.76. The molecule has 0 fully saturated rings. The summed E-state index contributed by atoms with van der Waals surface area (Å²) in [6.45, 7) is -1.66. The zero-order chi connectivity index (χ0) is 15.4. The van der Waals surface area contributed by atoms with Crippen LogP contribution in [-0.4, -0.2) is 33.4 Å². The maximum absolute atomic E-state index is 12.3. The second-order valence-electron chi connectivity index (χ2n) is 3.85. The minimum absolute atomic E-state index is 0.0614. The Hall–Kier alpha value is -1.54. The van der Waals surface area contributed by atoms with E-state index in [-0.39, 0.29) is 16.9 Å². The van der Waals surface area contributed by atoms with E-state index in [0.29, 0.717) is 0 Å². The van der Waals surface area contributed by atoms with Crippen molar-refractivity contribution in [2.75, 3.05) is 0 Å². The molecular formula is C12H11BrF2O5. The molecule has 1 aromatic rings. The largest absolute Gasteiger partial charge is 0.479 e. The Bertz CT molecular complexity index is 519. The van der Waals surface area contributed by atoms with Gasteiger partial charge in [0.15, 0.2) is 11.9 Å². The zero-order valence-electron chi connectivity index (χ0n) is 10.2. The lowest BCUT2D eigenvalue weighted by molar-refractivity contribution is -0.147. The number of carboxylic acids is 1. The van der Waals surface area contributed by atoms with E-state index in [1.54, 1.807) is 6.92 Å². The molecule has 0 aliphatic carbocycles. The van der Waals surface area contributed by atoms with Crippen LogP contribution in [0.15, 0.2) is 18.2 Å². The monoisotopic (exact) mass is 352 g/mol. The number of benzene rings is 1. The number of carbonyl (C=O) groups excluding carboxylic acids is 1. The smallest absolute Gasteiger partial charge is 0.387 e. The summed E-state index contributed by atoms with van der Waals surface area (Å²) in [5.41, 5.74) is -0.289. The van der Waals surface area contributed by atoms with Crippen LogP contribution in [0.25, 0.3) is 0 Å². The molecule has 8 heteroatoms. The number of alkyl halides is 3. The van der Waals surface area contributed by atoms with Crippen molar-refractivity contribution in [3.05, 3.63) is 29.3 Å². The minimum Gasteiger partial charge on any atom is -0.479 e. The van der Waals surface area contributed by atoms with Gasteiger partial charge in [0.05, 0.1) is 4.83 Å². The summed E-state index contributed by atoms with van der Waals surface area (Å²) < 4.78 is 28.8. The lowest BCUT2D eigenvalue weighted by Gasteiger charge is -2.14. The molecule has 2 atom stereocenters. The fourth-order valence-corrected chi connectivity index (χ4v) is 1.74. The number of aliphatic hydroxyl groups excluding tert-OH is 1. The van der Waals surface area contributed by atoms with Gasteiger partial charge in [-0.05, 0) is 13.0 Å². The quantitative estimate of drug-likeness (QED) is 0.606. The van der Waals surface area contributed by atoms with Gasteiger partial charge < -0.3 is 14.9 Å². The van der Waals surface area contributed by atoms with E-state index < -0.39 is 29.3 Å². The van der Waals surface area contributed by atoms with Crippen LogP contribution in [-0.2, 0) is 4.79 Å². The fourth-order valence-electron chi connectivity index (χ4n) is 1.47. The summed E-state index contributed by atoms with van der Waals surface area (Å²) in [6.07, 6.45) is -2.02. The van der Waals surface area contributed by atoms with Gasteiger partial charge in [0.25, 0.3) is 0 Å². The summed E-state index contributed by atoms with van der Waals surface area (Å²) >= 11 is 3.04. The van der Waals surface area contributed by atoms with Crippen molar-refractivity contribution in [1.82, 2.24) is 0 Å². The number of rotatable bonds is 6. The first-order chi connectivity index (χ1) is 9.23. The number of ketones is 1. The topological polar surface area (TPSA) is 83.8 Å². The van der Waals surface area contributed by atoms with Gasteiger partial charge in [-0.1, -0.05) is 28.1 Å². The van der Waals surface area contributed by atoms with Gasteiger partial charge in [-0.2, -0.15) is 8.78 Å². The summed E-state index contributed by atoms with van der Waals surface area (Å²) in [5, 5.41) is 18.1. The fraction of sp³-hybridized carbons (Fsp3) is 0.333. The Labute approximate surface area is 121 Å². The van der Waals surface area contributed by atoms with Crippen LogP contribution in [0.3, 0.4) is 0 Å². The third-order valence-corrected chi connectivity index (χ3v) is 2.82. The van der Waals surface area contributed by atoms with Gasteiger partial charge in [-0.25, -0.2) is 4.79 Å². The number of aliphatic hydroxyl groups is 1. The number of aliphatic carboxylic acids is 1. The molecule has 0 heterocycles. The van der Waals surface area contributed by atoms with E-state index in [2.05, 4.69) is 20.7 Å². The van der Waals surface area contributed by atoms with Crippen LogP contribution in [0.5, 0.6) is 5.75 Å². The van der Waals surface area contributed by atoms with E-state index in [4.69, 9.17) is 5.11 Å². The summed E-state index contributed by atoms with van der Waals surface area (Å²) in [5.74, 6) is -2.55. The first-order valence-electron chi connectivity index (χ1n) is 5.42. The van der Waals surface area contributed by atoms with Crippen molar-refractivity contribution in [3.8, 4) is 5.75 Å². The molecule has 5 nitrogen and oxygen atoms in total. The Morgan fingerprint density at radius 2 is 1.95 bits per heavy atom. The van der Waals surface area contributed by atoms with Crippen LogP contribution in [0.4, 0.5) is 8.78 Å². The number of Topliss-reactive ketones (excluding diaryl/α,β-unsaturated/α-hetero) is 1. The first kappa shape index (κ1) is 16.5. The highest BCUT2D eigenvalue weighted by Gasteiger charge is 2.24. The maximum atomic E-state index is 12.3. The molecule has 0 spiro atoms. The molecule has 0 aliphatic rings. The van der Waals surface area contributed by atoms with Crippen LogP contribution in [0, 0.1) is 0 Å². The normalized spacial score (nSPS) is 13.9. The molecule has 1 rings (SSSR count). The molecule has 0 saturated heterocycles. The molecule has 1 aromatic carbocycles. The van der Waals surface area contributed by atoms with E-state index in [1.165, 1.54) is 6.07 Å². The van der Waals surface area contributed by atoms with Crippen molar-refractivity contribution in [1.29, 1.82) is 0 Å². The van der Waals surface area contributed by atoms with Gasteiger partial charge in [0.1, 0.15) is 5.75 Å². The Morgan fingerprint density at radius 3 is 2.40 bits per heavy atom. The number of carbonyl (C=O) groups is 2. The number of hydrogen-bond acceptors (Lipinski definition) is 4. The lowest BCUT2D eigenvalue weighted by Crippen LogP contribution is -2.16. The molecule has 20 heavy (non-hydrogen) atoms. The molecule has 0 amide bonds. The van der Waals surface area contributed by atoms with Gasteiger partial charge in [0.2, 0.25) is 0 Å². The lowest BCUT2D eigenvalue weighted by atomic mass is 10.0. The number of ether oxygens (including phenoxy) is 1. The van der Waals surface area contributed by atoms with Gasteiger partial charge >= 0.3 is 12.6 Å². The van der Waals surface area contributed by atoms with Crippen LogP contribution in [0.1, 0.15) is 28.9 Å². The SMILES string of the molecule is CC(Br)C(=O)c1ccc(C(O)C(=O)O)c(OC(F)F)c1. The van der Waals surface area contributed by atoms with Crippen molar-refractivity contribution >= 4 is 27.7 Å². The highest BCUT2D eigenvalue weighted by atomic mass is 79.9. The van der Waals surface area contributed by atoms with Crippen molar-refractivity contribution in [2.24, 2.45) is 0 Å². The summed E-state index contributed by atoms with van der Waals surface area (Å²) in [7, 11) is 0.